The maximum atomic E-state index is 8.56. The van der Waals surface area contributed by atoms with Crippen LogP contribution in [0.4, 0.5) is 0 Å². The Labute approximate surface area is 110 Å². The second kappa shape index (κ2) is 6.38. The molecule has 1 fully saturated rings. The lowest BCUT2D eigenvalue weighted by atomic mass is 10.1. The quantitative estimate of drug-likeness (QED) is 0.329. The van der Waals surface area contributed by atoms with Crippen molar-refractivity contribution in [2.45, 2.75) is 64.7 Å². The Bertz CT molecular complexity index is 290. The Morgan fingerprint density at radius 2 is 2.22 bits per heavy atom. The third kappa shape index (κ3) is 4.82. The van der Waals surface area contributed by atoms with Crippen LogP contribution in [0.2, 0.25) is 0 Å². The van der Waals surface area contributed by atoms with Gasteiger partial charge in [0.25, 0.3) is 0 Å². The lowest BCUT2D eigenvalue weighted by Crippen LogP contribution is -2.40. The molecule has 0 saturated carbocycles. The Morgan fingerprint density at radius 3 is 2.67 bits per heavy atom. The summed E-state index contributed by atoms with van der Waals surface area (Å²) in [5.74, 6) is 0.285. The molecule has 0 aromatic rings. The van der Waals surface area contributed by atoms with Gasteiger partial charge in [-0.2, -0.15) is 0 Å². The summed E-state index contributed by atoms with van der Waals surface area (Å²) < 4.78 is 6.01. The van der Waals surface area contributed by atoms with Gasteiger partial charge in [0.2, 0.25) is 0 Å². The van der Waals surface area contributed by atoms with E-state index in [1.165, 1.54) is 0 Å². The van der Waals surface area contributed by atoms with E-state index in [9.17, 15) is 0 Å². The molecule has 3 N–H and O–H groups in total. The summed E-state index contributed by atoms with van der Waals surface area (Å²) in [6.45, 7) is 10.3. The first kappa shape index (κ1) is 15.2. The minimum absolute atomic E-state index is 0.0128. The molecule has 1 rings (SSSR count). The molecule has 0 aromatic carbocycles. The second-order valence-electron chi connectivity index (χ2n) is 5.97. The van der Waals surface area contributed by atoms with Crippen LogP contribution in [0.5, 0.6) is 0 Å². The zero-order valence-electron chi connectivity index (χ0n) is 12.0. The first-order valence-electron chi connectivity index (χ1n) is 6.72. The summed E-state index contributed by atoms with van der Waals surface area (Å²) in [5, 5.41) is 11.6. The zero-order valence-corrected chi connectivity index (χ0v) is 12.0. The molecule has 0 radical (unpaired) electrons. The van der Waals surface area contributed by atoms with Gasteiger partial charge >= 0.3 is 0 Å². The van der Waals surface area contributed by atoms with E-state index in [4.69, 9.17) is 15.7 Å². The molecule has 1 saturated heterocycles. The van der Waals surface area contributed by atoms with Crippen molar-refractivity contribution < 1.29 is 9.94 Å². The summed E-state index contributed by atoms with van der Waals surface area (Å²) in [7, 11) is 0. The van der Waals surface area contributed by atoms with Crippen molar-refractivity contribution in [2.24, 2.45) is 10.9 Å². The van der Waals surface area contributed by atoms with Crippen LogP contribution in [0.15, 0.2) is 5.16 Å². The third-order valence-electron chi connectivity index (χ3n) is 3.51. The molecule has 0 aromatic heterocycles. The zero-order chi connectivity index (χ0) is 13.8. The molecule has 1 aliphatic rings. The molecule has 1 heterocycles. The lowest BCUT2D eigenvalue weighted by molar-refractivity contribution is -0.0318. The van der Waals surface area contributed by atoms with E-state index in [1.807, 2.05) is 0 Å². The summed E-state index contributed by atoms with van der Waals surface area (Å²) in [4.78, 5) is 2.32. The normalized spacial score (nSPS) is 24.1. The molecule has 106 valence electrons. The van der Waals surface area contributed by atoms with Crippen LogP contribution in [0.1, 0.15) is 47.0 Å². The highest BCUT2D eigenvalue weighted by molar-refractivity contribution is 5.79. The third-order valence-corrected chi connectivity index (χ3v) is 3.51. The number of hydrogen-bond acceptors (Lipinski definition) is 4. The number of ether oxygens (including phenoxy) is 1. The Morgan fingerprint density at radius 1 is 1.56 bits per heavy atom. The van der Waals surface area contributed by atoms with E-state index in [0.717, 1.165) is 25.9 Å². The van der Waals surface area contributed by atoms with Crippen LogP contribution in [0.25, 0.3) is 0 Å². The van der Waals surface area contributed by atoms with Gasteiger partial charge in [-0.15, -0.1) is 0 Å². The Kier molecular flexibility index (Phi) is 5.41. The van der Waals surface area contributed by atoms with Crippen LogP contribution in [-0.2, 0) is 4.74 Å². The molecular formula is C13H27N3O2. The van der Waals surface area contributed by atoms with E-state index in [2.05, 4.69) is 37.8 Å². The number of nitrogens with zero attached hydrogens (tertiary/aromatic N) is 2. The minimum atomic E-state index is 0.0128. The van der Waals surface area contributed by atoms with Gasteiger partial charge in [0, 0.05) is 25.6 Å². The second-order valence-corrected chi connectivity index (χ2v) is 5.97. The van der Waals surface area contributed by atoms with Crippen molar-refractivity contribution in [1.29, 1.82) is 0 Å². The number of hydrogen-bond donors (Lipinski definition) is 2. The number of nitrogens with two attached hydrogens (primary N) is 1. The van der Waals surface area contributed by atoms with Crippen LogP contribution in [-0.4, -0.2) is 46.8 Å². The average molecular weight is 257 g/mol. The van der Waals surface area contributed by atoms with E-state index < -0.39 is 0 Å². The van der Waals surface area contributed by atoms with Crippen LogP contribution in [0, 0.1) is 0 Å². The van der Waals surface area contributed by atoms with E-state index in [1.54, 1.807) is 0 Å². The molecule has 0 bridgehead atoms. The Balaban J connectivity index is 2.44. The van der Waals surface area contributed by atoms with Gasteiger partial charge in [0.15, 0.2) is 0 Å². The van der Waals surface area contributed by atoms with Crippen LogP contribution < -0.4 is 5.73 Å². The van der Waals surface area contributed by atoms with Gasteiger partial charge in [-0.25, -0.2) is 0 Å². The fraction of sp³-hybridized carbons (Fsp3) is 0.923. The van der Waals surface area contributed by atoms with Crippen molar-refractivity contribution in [3.63, 3.8) is 0 Å². The molecule has 0 amide bonds. The first-order valence-corrected chi connectivity index (χ1v) is 6.72. The maximum Gasteiger partial charge on any atom is 0.140 e. The molecular weight excluding hydrogens is 230 g/mol. The lowest BCUT2D eigenvalue weighted by Gasteiger charge is -2.29. The molecule has 1 atom stereocenters. The number of oxime groups is 1. The van der Waals surface area contributed by atoms with Gasteiger partial charge in [-0.3, -0.25) is 4.90 Å². The van der Waals surface area contributed by atoms with E-state index in [-0.39, 0.29) is 11.4 Å². The average Bonchev–Trinajstić information content (AvgIpc) is 2.63. The van der Waals surface area contributed by atoms with E-state index >= 15 is 0 Å². The summed E-state index contributed by atoms with van der Waals surface area (Å²) >= 11 is 0. The van der Waals surface area contributed by atoms with Crippen molar-refractivity contribution >= 4 is 5.84 Å². The predicted octanol–water partition coefficient (Wildman–Crippen LogP) is 1.79. The molecule has 0 aliphatic carbocycles. The molecule has 1 aliphatic heterocycles. The van der Waals surface area contributed by atoms with Crippen molar-refractivity contribution in [3.8, 4) is 0 Å². The Hall–Kier alpha value is -0.810. The first-order chi connectivity index (χ1) is 8.34. The molecule has 5 nitrogen and oxygen atoms in total. The predicted molar refractivity (Wildman–Crippen MR) is 72.9 cm³/mol. The van der Waals surface area contributed by atoms with Gasteiger partial charge in [-0.05, 0) is 40.5 Å². The fourth-order valence-electron chi connectivity index (χ4n) is 2.34. The van der Waals surface area contributed by atoms with Crippen molar-refractivity contribution in [3.05, 3.63) is 0 Å². The smallest absolute Gasteiger partial charge is 0.140 e. The summed E-state index contributed by atoms with van der Waals surface area (Å²) in [5.41, 5.74) is 5.53. The summed E-state index contributed by atoms with van der Waals surface area (Å²) in [6, 6.07) is 0.434. The van der Waals surface area contributed by atoms with Crippen molar-refractivity contribution in [1.82, 2.24) is 4.90 Å². The maximum absolute atomic E-state index is 8.56. The topological polar surface area (TPSA) is 71.1 Å². The van der Waals surface area contributed by atoms with Gasteiger partial charge in [0.05, 0.1) is 11.7 Å². The molecule has 1 unspecified atom stereocenters. The molecule has 0 spiro atoms. The summed E-state index contributed by atoms with van der Waals surface area (Å²) in [6.07, 6.45) is 3.11. The van der Waals surface area contributed by atoms with Gasteiger partial charge in [-0.1, -0.05) is 5.16 Å². The number of amidine groups is 1. The van der Waals surface area contributed by atoms with Gasteiger partial charge in [0.1, 0.15) is 5.84 Å². The highest BCUT2D eigenvalue weighted by atomic mass is 16.5. The largest absolute Gasteiger partial charge is 0.409 e. The number of rotatable bonds is 6. The highest BCUT2D eigenvalue weighted by Gasteiger charge is 2.32. The van der Waals surface area contributed by atoms with Crippen molar-refractivity contribution in [2.75, 3.05) is 13.1 Å². The SMILES string of the molecule is CC(C)N(CCC(N)=NO)CC1CCC(C)(C)O1. The van der Waals surface area contributed by atoms with E-state index in [0.29, 0.717) is 18.6 Å². The fourth-order valence-corrected chi connectivity index (χ4v) is 2.34. The minimum Gasteiger partial charge on any atom is -0.409 e. The molecule has 5 heteroatoms. The standard InChI is InChI=1S/C13H27N3O2/c1-10(2)16(8-6-12(14)15-17)9-11-5-7-13(3,4)18-11/h10-11,17H,5-9H2,1-4H3,(H2,14,15). The highest BCUT2D eigenvalue weighted by Crippen LogP contribution is 2.29. The van der Waals surface area contributed by atoms with Crippen LogP contribution in [0.3, 0.4) is 0 Å². The monoisotopic (exact) mass is 257 g/mol. The van der Waals surface area contributed by atoms with Crippen LogP contribution >= 0.6 is 0 Å². The van der Waals surface area contributed by atoms with Gasteiger partial charge < -0.3 is 15.7 Å². The molecule has 18 heavy (non-hydrogen) atoms.